The first kappa shape index (κ1) is 24.3. The summed E-state index contributed by atoms with van der Waals surface area (Å²) >= 11 is 0. The number of nitrogens with zero attached hydrogens (tertiary/aromatic N) is 4. The number of aromatic nitrogens is 2. The zero-order chi connectivity index (χ0) is 23.6. The number of carbonyl (C=O) groups excluding carboxylic acids is 2. The van der Waals surface area contributed by atoms with Crippen LogP contribution >= 0.6 is 0 Å². The number of halogens is 4. The van der Waals surface area contributed by atoms with E-state index in [1.165, 1.54) is 4.90 Å². The van der Waals surface area contributed by atoms with Gasteiger partial charge < -0.3 is 20.6 Å². The van der Waals surface area contributed by atoms with Crippen LogP contribution in [0.4, 0.5) is 17.6 Å². The van der Waals surface area contributed by atoms with Gasteiger partial charge in [-0.3, -0.25) is 9.59 Å². The number of aliphatic hydroxyl groups is 1. The Kier molecular flexibility index (Phi) is 7.33. The first-order valence-electron chi connectivity index (χ1n) is 10.6. The molecule has 0 bridgehead atoms. The van der Waals surface area contributed by atoms with Crippen LogP contribution in [-0.4, -0.2) is 68.2 Å². The van der Waals surface area contributed by atoms with E-state index in [9.17, 15) is 32.3 Å². The lowest BCUT2D eigenvalue weighted by molar-refractivity contribution is -0.155. The molecule has 178 valence electrons. The number of nitrogens with two attached hydrogens (primary N) is 1. The molecule has 1 aromatic rings. The lowest BCUT2D eigenvalue weighted by Crippen LogP contribution is -2.54. The average molecular weight is 461 g/mol. The number of hydrogen-bond acceptors (Lipinski definition) is 6. The lowest BCUT2D eigenvalue weighted by atomic mass is 10.0. The molecule has 32 heavy (non-hydrogen) atoms. The van der Waals surface area contributed by atoms with Crippen molar-refractivity contribution in [2.75, 3.05) is 13.1 Å². The number of fused-ring (bicyclic) bond motifs is 1. The molecule has 3 rings (SSSR count). The smallest absolute Gasteiger partial charge is 0.370 e. The van der Waals surface area contributed by atoms with Gasteiger partial charge in [0.15, 0.2) is 11.9 Å². The summed E-state index contributed by atoms with van der Waals surface area (Å²) in [6, 6.07) is -0.861. The highest BCUT2D eigenvalue weighted by Gasteiger charge is 2.39. The van der Waals surface area contributed by atoms with Crippen molar-refractivity contribution in [3.63, 3.8) is 0 Å². The van der Waals surface area contributed by atoms with Gasteiger partial charge in [0.25, 0.3) is 0 Å². The van der Waals surface area contributed by atoms with E-state index in [-0.39, 0.29) is 68.8 Å². The highest BCUT2D eigenvalue weighted by Crippen LogP contribution is 2.34. The average Bonchev–Trinajstić information content (AvgIpc) is 2.72. The summed E-state index contributed by atoms with van der Waals surface area (Å²) in [5.41, 5.74) is 5.20. The number of piperidine rings is 1. The first-order chi connectivity index (χ1) is 15.0. The van der Waals surface area contributed by atoms with Gasteiger partial charge in [0.05, 0.1) is 12.2 Å². The van der Waals surface area contributed by atoms with Crippen LogP contribution in [0.1, 0.15) is 55.4 Å². The molecule has 12 heteroatoms. The molecule has 0 radical (unpaired) electrons. The minimum atomic E-state index is -4.61. The maximum atomic E-state index is 13.7. The molecule has 0 aromatic carbocycles. The van der Waals surface area contributed by atoms with Crippen molar-refractivity contribution < 1.29 is 32.3 Å². The first-order valence-corrected chi connectivity index (χ1v) is 10.6. The van der Waals surface area contributed by atoms with Crippen LogP contribution in [0.3, 0.4) is 0 Å². The van der Waals surface area contributed by atoms with E-state index in [4.69, 9.17) is 5.73 Å². The number of aliphatic hydroxyl groups excluding tert-OH is 1. The van der Waals surface area contributed by atoms with Crippen molar-refractivity contribution >= 4 is 11.8 Å². The predicted molar refractivity (Wildman–Crippen MR) is 105 cm³/mol. The van der Waals surface area contributed by atoms with Crippen LogP contribution in [-0.2, 0) is 35.2 Å². The second kappa shape index (κ2) is 9.65. The SMILES string of the molecule is CCCc1nc2c(c(C(F)(F)F)n1)CCN(C(=O)C[C@H](N)CN1C(=O)CCC(F)C1O)C2. The fraction of sp³-hybridized carbons (Fsp3) is 0.700. The van der Waals surface area contributed by atoms with Gasteiger partial charge in [-0.25, -0.2) is 14.4 Å². The number of rotatable bonds is 6. The lowest BCUT2D eigenvalue weighted by Gasteiger charge is -2.36. The molecule has 8 nitrogen and oxygen atoms in total. The monoisotopic (exact) mass is 461 g/mol. The maximum absolute atomic E-state index is 13.7. The minimum Gasteiger partial charge on any atom is -0.370 e. The van der Waals surface area contributed by atoms with Crippen molar-refractivity contribution in [3.8, 4) is 0 Å². The maximum Gasteiger partial charge on any atom is 0.433 e. The van der Waals surface area contributed by atoms with Crippen molar-refractivity contribution in [2.45, 2.75) is 76.6 Å². The zero-order valence-electron chi connectivity index (χ0n) is 17.7. The molecular weight excluding hydrogens is 434 g/mol. The number of carbonyl (C=O) groups is 2. The molecule has 0 aliphatic carbocycles. The van der Waals surface area contributed by atoms with E-state index >= 15 is 0 Å². The zero-order valence-corrected chi connectivity index (χ0v) is 17.7. The van der Waals surface area contributed by atoms with Gasteiger partial charge in [0.2, 0.25) is 11.8 Å². The Labute approximate surface area is 182 Å². The quantitative estimate of drug-likeness (QED) is 0.618. The molecule has 1 fully saturated rings. The van der Waals surface area contributed by atoms with Crippen LogP contribution in [0.2, 0.25) is 0 Å². The Balaban J connectivity index is 1.69. The summed E-state index contributed by atoms with van der Waals surface area (Å²) in [7, 11) is 0. The second-order valence-corrected chi connectivity index (χ2v) is 8.21. The third kappa shape index (κ3) is 5.34. The molecule has 3 N–H and O–H groups in total. The molecule has 0 saturated carbocycles. The Morgan fingerprint density at radius 3 is 2.69 bits per heavy atom. The van der Waals surface area contributed by atoms with Gasteiger partial charge in [-0.1, -0.05) is 6.92 Å². The van der Waals surface area contributed by atoms with Crippen LogP contribution in [0.5, 0.6) is 0 Å². The van der Waals surface area contributed by atoms with Crippen molar-refractivity contribution in [1.29, 1.82) is 0 Å². The molecule has 3 atom stereocenters. The number of aryl methyl sites for hydroxylation is 1. The van der Waals surface area contributed by atoms with Crippen molar-refractivity contribution in [1.82, 2.24) is 19.8 Å². The number of hydrogen-bond donors (Lipinski definition) is 2. The van der Waals surface area contributed by atoms with Crippen LogP contribution in [0.25, 0.3) is 0 Å². The fourth-order valence-electron chi connectivity index (χ4n) is 4.04. The standard InChI is InChI=1S/C20H27F4N5O3/c1-2-3-15-26-14-10-28(7-6-12(14)18(27-15)20(22,23)24)17(31)8-11(25)9-29-16(30)5-4-13(21)19(29)32/h11,13,19,32H,2-10,25H2,1H3/t11-,13?,19?/m0/s1. The number of amides is 2. The molecule has 2 aliphatic heterocycles. The largest absolute Gasteiger partial charge is 0.433 e. The molecule has 2 amide bonds. The topological polar surface area (TPSA) is 113 Å². The Bertz CT molecular complexity index is 866. The van der Waals surface area contributed by atoms with Crippen molar-refractivity contribution in [2.24, 2.45) is 5.73 Å². The van der Waals surface area contributed by atoms with E-state index in [2.05, 4.69) is 9.97 Å². The van der Waals surface area contributed by atoms with Gasteiger partial charge >= 0.3 is 6.18 Å². The van der Waals surface area contributed by atoms with E-state index in [1.54, 1.807) is 0 Å². The third-order valence-corrected chi connectivity index (χ3v) is 5.67. The van der Waals surface area contributed by atoms with Gasteiger partial charge in [-0.2, -0.15) is 13.2 Å². The molecule has 2 unspecified atom stereocenters. The van der Waals surface area contributed by atoms with Crippen LogP contribution in [0, 0.1) is 0 Å². The summed E-state index contributed by atoms with van der Waals surface area (Å²) in [5.74, 6) is -0.771. The summed E-state index contributed by atoms with van der Waals surface area (Å²) < 4.78 is 54.1. The highest BCUT2D eigenvalue weighted by molar-refractivity contribution is 5.78. The Morgan fingerprint density at radius 2 is 2.03 bits per heavy atom. The van der Waals surface area contributed by atoms with Gasteiger partial charge in [-0.05, 0) is 19.3 Å². The second-order valence-electron chi connectivity index (χ2n) is 8.21. The molecule has 2 aliphatic rings. The van der Waals surface area contributed by atoms with Crippen LogP contribution in [0.15, 0.2) is 0 Å². The third-order valence-electron chi connectivity index (χ3n) is 5.67. The number of likely N-dealkylation sites (tertiary alicyclic amines) is 1. The summed E-state index contributed by atoms with van der Waals surface area (Å²) in [4.78, 5) is 34.9. The van der Waals surface area contributed by atoms with Gasteiger partial charge in [0, 0.05) is 44.0 Å². The molecule has 1 aromatic heterocycles. The van der Waals surface area contributed by atoms with E-state index < -0.39 is 42.1 Å². The molecule has 1 saturated heterocycles. The number of alkyl halides is 4. The molecule has 3 heterocycles. The molecule has 0 spiro atoms. The fourth-order valence-corrected chi connectivity index (χ4v) is 4.04. The van der Waals surface area contributed by atoms with E-state index in [1.807, 2.05) is 6.92 Å². The predicted octanol–water partition coefficient (Wildman–Crippen LogP) is 1.33. The minimum absolute atomic E-state index is 0.00160. The Morgan fingerprint density at radius 1 is 1.31 bits per heavy atom. The Hall–Kier alpha value is -2.34. The van der Waals surface area contributed by atoms with Gasteiger partial charge in [0.1, 0.15) is 12.0 Å². The van der Waals surface area contributed by atoms with Crippen molar-refractivity contribution in [3.05, 3.63) is 22.8 Å². The van der Waals surface area contributed by atoms with E-state index in [0.717, 1.165) is 4.90 Å². The summed E-state index contributed by atoms with van der Waals surface area (Å²) in [6.07, 6.45) is -7.29. The van der Waals surface area contributed by atoms with E-state index in [0.29, 0.717) is 6.42 Å². The normalized spacial score (nSPS) is 22.7. The van der Waals surface area contributed by atoms with Crippen LogP contribution < -0.4 is 5.73 Å². The highest BCUT2D eigenvalue weighted by atomic mass is 19.4. The summed E-state index contributed by atoms with van der Waals surface area (Å²) in [6.45, 7) is 1.57. The van der Waals surface area contributed by atoms with Gasteiger partial charge in [-0.15, -0.1) is 0 Å². The molecular formula is C20H27F4N5O3. The summed E-state index contributed by atoms with van der Waals surface area (Å²) in [5, 5.41) is 9.88.